The van der Waals surface area contributed by atoms with E-state index in [4.69, 9.17) is 0 Å². The predicted octanol–water partition coefficient (Wildman–Crippen LogP) is 5.02. The number of benzene rings is 2. The van der Waals surface area contributed by atoms with Gasteiger partial charge < -0.3 is 0 Å². The fraction of sp³-hybridized carbons (Fsp3) is 0. The molecule has 0 nitrogen and oxygen atoms in total. The molecule has 0 aliphatic carbocycles. The van der Waals surface area contributed by atoms with E-state index in [1.165, 1.54) is 6.08 Å². The second kappa shape index (κ2) is 5.08. The van der Waals surface area contributed by atoms with Crippen LogP contribution in [0.2, 0.25) is 0 Å². The van der Waals surface area contributed by atoms with Gasteiger partial charge in [0.05, 0.1) is 0 Å². The summed E-state index contributed by atoms with van der Waals surface area (Å²) in [6, 6.07) is 17.8. The normalized spacial score (nSPS) is 11.5. The van der Waals surface area contributed by atoms with Crippen LogP contribution in [0.3, 0.4) is 0 Å². The Bertz CT molecular complexity index is 482. The maximum absolute atomic E-state index is 12.6. The van der Waals surface area contributed by atoms with Gasteiger partial charge in [0.25, 0.3) is 0 Å². The van der Waals surface area contributed by atoms with E-state index in [1.54, 1.807) is 0 Å². The van der Waals surface area contributed by atoms with Gasteiger partial charge >= 0.3 is 0 Å². The van der Waals surface area contributed by atoms with E-state index in [0.717, 1.165) is 16.7 Å². The predicted molar refractivity (Wildman–Crippen MR) is 69.9 cm³/mol. The summed E-state index contributed by atoms with van der Waals surface area (Å²) in [6.45, 7) is 0. The third-order valence-corrected chi connectivity index (χ3v) is 2.52. The highest BCUT2D eigenvalue weighted by Gasteiger charge is 1.96. The average Bonchev–Trinajstić information content (AvgIpc) is 2.30. The number of halogens is 2. The summed E-state index contributed by atoms with van der Waals surface area (Å²) in [4.78, 5) is 0. The van der Waals surface area contributed by atoms with Gasteiger partial charge in [-0.2, -0.15) is 4.39 Å². The molecule has 0 amide bonds. The molecule has 0 spiro atoms. The van der Waals surface area contributed by atoms with Gasteiger partial charge in [-0.1, -0.05) is 54.6 Å². The Labute approximate surface area is 103 Å². The zero-order valence-electron chi connectivity index (χ0n) is 8.53. The molecule has 2 heteroatoms. The number of hydrogen-bond donors (Lipinski definition) is 0. The van der Waals surface area contributed by atoms with Crippen molar-refractivity contribution < 1.29 is 4.39 Å². The number of hydrogen-bond acceptors (Lipinski definition) is 0. The van der Waals surface area contributed by atoms with Crippen molar-refractivity contribution in [2.75, 3.05) is 0 Å². The highest BCUT2D eigenvalue weighted by molar-refractivity contribution is 9.11. The van der Waals surface area contributed by atoms with Crippen molar-refractivity contribution in [1.82, 2.24) is 0 Å². The van der Waals surface area contributed by atoms with Gasteiger partial charge in [0.15, 0.2) is 4.74 Å². The topological polar surface area (TPSA) is 0 Å². The molecule has 0 saturated carbocycles. The molecule has 2 aromatic rings. The Kier molecular flexibility index (Phi) is 3.52. The molecule has 2 aromatic carbocycles. The Morgan fingerprint density at radius 1 is 0.875 bits per heavy atom. The molecule has 0 unspecified atom stereocenters. The van der Waals surface area contributed by atoms with Gasteiger partial charge in [0.2, 0.25) is 0 Å². The van der Waals surface area contributed by atoms with Crippen molar-refractivity contribution in [2.45, 2.75) is 0 Å². The minimum Gasteiger partial charge on any atom is -0.199 e. The van der Waals surface area contributed by atoms with Gasteiger partial charge in [-0.3, -0.25) is 0 Å². The molecule has 0 saturated heterocycles. The smallest absolute Gasteiger partial charge is 0.166 e. The minimum atomic E-state index is -0.361. The third-order valence-electron chi connectivity index (χ3n) is 2.29. The van der Waals surface area contributed by atoms with E-state index in [2.05, 4.69) is 28.1 Å². The van der Waals surface area contributed by atoms with Crippen molar-refractivity contribution >= 4 is 22.0 Å². The van der Waals surface area contributed by atoms with Crippen molar-refractivity contribution in [3.63, 3.8) is 0 Å². The molecule has 0 fully saturated rings. The molecule has 0 N–H and O–H groups in total. The van der Waals surface area contributed by atoms with Gasteiger partial charge in [0.1, 0.15) is 0 Å². The monoisotopic (exact) mass is 276 g/mol. The zero-order chi connectivity index (χ0) is 11.4. The lowest BCUT2D eigenvalue weighted by Gasteiger charge is -2.01. The van der Waals surface area contributed by atoms with E-state index in [-0.39, 0.29) is 4.74 Å². The van der Waals surface area contributed by atoms with Crippen LogP contribution in [-0.4, -0.2) is 0 Å². The van der Waals surface area contributed by atoms with Crippen LogP contribution < -0.4 is 0 Å². The largest absolute Gasteiger partial charge is 0.199 e. The van der Waals surface area contributed by atoms with E-state index in [1.807, 2.05) is 42.5 Å². The quantitative estimate of drug-likeness (QED) is 0.723. The first-order valence-corrected chi connectivity index (χ1v) is 5.73. The van der Waals surface area contributed by atoms with Gasteiger partial charge in [-0.15, -0.1) is 0 Å². The molecule has 0 aliphatic rings. The number of rotatable bonds is 2. The Hall–Kier alpha value is -1.41. The molecule has 0 radical (unpaired) electrons. The summed E-state index contributed by atoms with van der Waals surface area (Å²) in [5.41, 5.74) is 3.14. The molecule has 0 atom stereocenters. The highest BCUT2D eigenvalue weighted by atomic mass is 79.9. The molecule has 2 rings (SSSR count). The van der Waals surface area contributed by atoms with Crippen LogP contribution in [0.25, 0.3) is 17.2 Å². The average molecular weight is 277 g/mol. The maximum Gasteiger partial charge on any atom is 0.166 e. The van der Waals surface area contributed by atoms with Crippen molar-refractivity contribution in [2.24, 2.45) is 0 Å². The Morgan fingerprint density at radius 2 is 1.44 bits per heavy atom. The first-order chi connectivity index (χ1) is 7.75. The van der Waals surface area contributed by atoms with Crippen LogP contribution in [-0.2, 0) is 0 Å². The van der Waals surface area contributed by atoms with Crippen molar-refractivity contribution in [3.8, 4) is 11.1 Å². The minimum absolute atomic E-state index is 0.361. The summed E-state index contributed by atoms with van der Waals surface area (Å²) in [7, 11) is 0. The Morgan fingerprint density at radius 3 is 2.00 bits per heavy atom. The SMILES string of the molecule is FC(Br)=Cc1ccc(-c2ccccc2)cc1. The van der Waals surface area contributed by atoms with Crippen LogP contribution in [0, 0.1) is 0 Å². The molecule has 0 aliphatic heterocycles. The third kappa shape index (κ3) is 2.80. The summed E-state index contributed by atoms with van der Waals surface area (Å²) in [6.07, 6.45) is 1.44. The van der Waals surface area contributed by atoms with Crippen LogP contribution in [0.4, 0.5) is 4.39 Å². The van der Waals surface area contributed by atoms with E-state index >= 15 is 0 Å². The standard InChI is InChI=1S/C14H10BrF/c15-14(16)10-11-6-8-13(9-7-11)12-4-2-1-3-5-12/h1-10H. The van der Waals surface area contributed by atoms with E-state index in [0.29, 0.717) is 0 Å². The molecular formula is C14H10BrF. The lowest BCUT2D eigenvalue weighted by atomic mass is 10.0. The maximum atomic E-state index is 12.6. The molecule has 0 heterocycles. The molecule has 0 aromatic heterocycles. The fourth-order valence-corrected chi connectivity index (χ4v) is 1.79. The van der Waals surface area contributed by atoms with Crippen LogP contribution >= 0.6 is 15.9 Å². The molecule has 16 heavy (non-hydrogen) atoms. The van der Waals surface area contributed by atoms with E-state index in [9.17, 15) is 4.39 Å². The van der Waals surface area contributed by atoms with E-state index < -0.39 is 0 Å². The second-order valence-corrected chi connectivity index (χ2v) is 4.18. The fourth-order valence-electron chi connectivity index (χ4n) is 1.53. The summed E-state index contributed by atoms with van der Waals surface area (Å²) >= 11 is 2.77. The first kappa shape index (κ1) is 11.1. The second-order valence-electron chi connectivity index (χ2n) is 3.42. The van der Waals surface area contributed by atoms with Gasteiger partial charge in [-0.05, 0) is 38.7 Å². The lowest BCUT2D eigenvalue weighted by Crippen LogP contribution is -1.77. The van der Waals surface area contributed by atoms with Crippen molar-refractivity contribution in [1.29, 1.82) is 0 Å². The molecular weight excluding hydrogens is 267 g/mol. The summed E-state index contributed by atoms with van der Waals surface area (Å²) in [5, 5.41) is 0. The van der Waals surface area contributed by atoms with Crippen LogP contribution in [0.1, 0.15) is 5.56 Å². The van der Waals surface area contributed by atoms with Gasteiger partial charge in [-0.25, -0.2) is 0 Å². The molecule has 0 bridgehead atoms. The summed E-state index contributed by atoms with van der Waals surface area (Å²) in [5.74, 6) is 0. The summed E-state index contributed by atoms with van der Waals surface area (Å²) < 4.78 is 12.2. The van der Waals surface area contributed by atoms with Crippen LogP contribution in [0.5, 0.6) is 0 Å². The highest BCUT2D eigenvalue weighted by Crippen LogP contribution is 2.21. The zero-order valence-corrected chi connectivity index (χ0v) is 10.1. The van der Waals surface area contributed by atoms with Crippen molar-refractivity contribution in [3.05, 3.63) is 64.9 Å². The first-order valence-electron chi connectivity index (χ1n) is 4.94. The molecule has 80 valence electrons. The lowest BCUT2D eigenvalue weighted by molar-refractivity contribution is 0.712. The van der Waals surface area contributed by atoms with Gasteiger partial charge in [0, 0.05) is 0 Å². The van der Waals surface area contributed by atoms with Crippen LogP contribution in [0.15, 0.2) is 59.3 Å². The Balaban J connectivity index is 2.30.